The van der Waals surface area contributed by atoms with Crippen LogP contribution in [0.4, 0.5) is 5.69 Å². The third-order valence-corrected chi connectivity index (χ3v) is 4.38. The molecule has 2 N–H and O–H groups in total. The van der Waals surface area contributed by atoms with E-state index in [-0.39, 0.29) is 5.79 Å². The van der Waals surface area contributed by atoms with Crippen LogP contribution in [-0.4, -0.2) is 19.0 Å². The lowest BCUT2D eigenvalue weighted by Gasteiger charge is -2.35. The van der Waals surface area contributed by atoms with E-state index in [1.807, 2.05) is 6.07 Å². The minimum Gasteiger partial charge on any atom is -0.399 e. The van der Waals surface area contributed by atoms with Crippen LogP contribution in [-0.2, 0) is 15.9 Å². The highest BCUT2D eigenvalue weighted by Crippen LogP contribution is 2.45. The summed E-state index contributed by atoms with van der Waals surface area (Å²) in [5.41, 5.74) is 9.31. The number of benzene rings is 1. The predicted octanol–water partition coefficient (Wildman–Crippen LogP) is 2.43. The van der Waals surface area contributed by atoms with Crippen LogP contribution in [0.2, 0.25) is 0 Å². The Morgan fingerprint density at radius 2 is 2.06 bits per heavy atom. The number of alkyl halides is 1. The summed E-state index contributed by atoms with van der Waals surface area (Å²) in [7, 11) is 0. The molecule has 1 aliphatic heterocycles. The van der Waals surface area contributed by atoms with Crippen LogP contribution >= 0.6 is 22.6 Å². The molecule has 3 nitrogen and oxygen atoms in total. The van der Waals surface area contributed by atoms with Crippen molar-refractivity contribution in [3.8, 4) is 0 Å². The molecule has 1 saturated heterocycles. The van der Waals surface area contributed by atoms with Gasteiger partial charge in [0, 0.05) is 22.5 Å². The summed E-state index contributed by atoms with van der Waals surface area (Å²) in [6, 6.07) is 6.13. The fourth-order valence-corrected chi connectivity index (χ4v) is 3.78. The number of hydrogen-bond acceptors (Lipinski definition) is 3. The first-order valence-corrected chi connectivity index (χ1v) is 6.73. The van der Waals surface area contributed by atoms with Crippen molar-refractivity contribution in [3.63, 3.8) is 0 Å². The summed E-state index contributed by atoms with van der Waals surface area (Å²) in [5, 5.41) is 0. The number of fused-ring (bicyclic) bond motifs is 1. The molecule has 0 aromatic heterocycles. The van der Waals surface area contributed by atoms with E-state index in [2.05, 4.69) is 34.7 Å². The molecule has 0 amide bonds. The van der Waals surface area contributed by atoms with Crippen molar-refractivity contribution >= 4 is 28.3 Å². The first-order chi connectivity index (χ1) is 7.69. The van der Waals surface area contributed by atoms with E-state index < -0.39 is 0 Å². The topological polar surface area (TPSA) is 44.5 Å². The normalized spacial score (nSPS) is 26.9. The number of nitrogen functional groups attached to an aromatic ring is 1. The molecule has 1 atom stereocenters. The van der Waals surface area contributed by atoms with Gasteiger partial charge in [-0.25, -0.2) is 0 Å². The van der Waals surface area contributed by atoms with E-state index in [1.165, 1.54) is 11.1 Å². The Hall–Kier alpha value is -0.330. The SMILES string of the molecule is Nc1ccc2c(c1)C(I)CC1(C2)OCCO1. The lowest BCUT2D eigenvalue weighted by atomic mass is 9.87. The van der Waals surface area contributed by atoms with Crippen LogP contribution in [0, 0.1) is 0 Å². The molecule has 1 aliphatic carbocycles. The average Bonchev–Trinajstić information content (AvgIpc) is 2.68. The van der Waals surface area contributed by atoms with E-state index in [0.29, 0.717) is 17.1 Å². The summed E-state index contributed by atoms with van der Waals surface area (Å²) in [6.07, 6.45) is 1.77. The highest BCUT2D eigenvalue weighted by atomic mass is 127. The highest BCUT2D eigenvalue weighted by Gasteiger charge is 2.43. The molecule has 2 aliphatic rings. The zero-order chi connectivity index (χ0) is 11.2. The molecule has 16 heavy (non-hydrogen) atoms. The van der Waals surface area contributed by atoms with Gasteiger partial charge in [-0.05, 0) is 23.3 Å². The van der Waals surface area contributed by atoms with Gasteiger partial charge in [-0.15, -0.1) is 0 Å². The van der Waals surface area contributed by atoms with Crippen LogP contribution in [0.15, 0.2) is 18.2 Å². The second-order valence-electron chi connectivity index (χ2n) is 4.41. The Labute approximate surface area is 108 Å². The van der Waals surface area contributed by atoms with Crippen LogP contribution < -0.4 is 5.73 Å². The summed E-state index contributed by atoms with van der Waals surface area (Å²) in [6.45, 7) is 1.43. The van der Waals surface area contributed by atoms with Crippen molar-refractivity contribution in [3.05, 3.63) is 29.3 Å². The first kappa shape index (κ1) is 10.8. The Balaban J connectivity index is 1.99. The summed E-state index contributed by atoms with van der Waals surface area (Å²) >= 11 is 2.45. The van der Waals surface area contributed by atoms with Gasteiger partial charge in [0.25, 0.3) is 0 Å². The molecule has 4 heteroatoms. The van der Waals surface area contributed by atoms with Gasteiger partial charge in [0.05, 0.1) is 13.2 Å². The van der Waals surface area contributed by atoms with E-state index in [4.69, 9.17) is 15.2 Å². The van der Waals surface area contributed by atoms with Crippen LogP contribution in [0.25, 0.3) is 0 Å². The Bertz CT molecular complexity index is 415. The van der Waals surface area contributed by atoms with Crippen molar-refractivity contribution in [1.29, 1.82) is 0 Å². The number of halogens is 1. The van der Waals surface area contributed by atoms with Crippen molar-refractivity contribution in [2.24, 2.45) is 0 Å². The molecule has 86 valence electrons. The molecule has 1 aromatic rings. The average molecular weight is 331 g/mol. The summed E-state index contributed by atoms with van der Waals surface area (Å²) in [4.78, 5) is 0. The molecule has 1 fully saturated rings. The maximum Gasteiger partial charge on any atom is 0.173 e. The second-order valence-corrected chi connectivity index (χ2v) is 5.92. The van der Waals surface area contributed by atoms with Crippen molar-refractivity contribution in [2.75, 3.05) is 18.9 Å². The monoisotopic (exact) mass is 331 g/mol. The van der Waals surface area contributed by atoms with Crippen molar-refractivity contribution in [1.82, 2.24) is 0 Å². The van der Waals surface area contributed by atoms with Gasteiger partial charge >= 0.3 is 0 Å². The number of anilines is 1. The molecule has 3 rings (SSSR count). The molecule has 1 heterocycles. The zero-order valence-corrected chi connectivity index (χ0v) is 11.1. The van der Waals surface area contributed by atoms with Crippen molar-refractivity contribution < 1.29 is 9.47 Å². The van der Waals surface area contributed by atoms with Gasteiger partial charge < -0.3 is 15.2 Å². The minimum atomic E-state index is -0.366. The van der Waals surface area contributed by atoms with Crippen LogP contribution in [0.5, 0.6) is 0 Å². The third kappa shape index (κ3) is 1.72. The van der Waals surface area contributed by atoms with E-state index in [0.717, 1.165) is 18.5 Å². The van der Waals surface area contributed by atoms with Gasteiger partial charge in [-0.3, -0.25) is 0 Å². The molecular formula is C12H14INO2. The standard InChI is InChI=1S/C12H14INO2/c13-11-7-12(15-3-4-16-12)6-8-1-2-9(14)5-10(8)11/h1-2,5,11H,3-4,6-7,14H2. The molecule has 1 unspecified atom stereocenters. The minimum absolute atomic E-state index is 0.366. The fourth-order valence-electron chi connectivity index (χ4n) is 2.53. The number of rotatable bonds is 0. The molecular weight excluding hydrogens is 317 g/mol. The van der Waals surface area contributed by atoms with Gasteiger partial charge in [0.15, 0.2) is 5.79 Å². The second kappa shape index (κ2) is 3.85. The smallest absolute Gasteiger partial charge is 0.173 e. The quantitative estimate of drug-likeness (QED) is 0.451. The van der Waals surface area contributed by atoms with Gasteiger partial charge in [-0.2, -0.15) is 0 Å². The Kier molecular flexibility index (Phi) is 2.60. The lowest BCUT2D eigenvalue weighted by molar-refractivity contribution is -0.163. The molecule has 0 saturated carbocycles. The number of hydrogen-bond donors (Lipinski definition) is 1. The van der Waals surface area contributed by atoms with E-state index in [9.17, 15) is 0 Å². The highest BCUT2D eigenvalue weighted by molar-refractivity contribution is 14.1. The largest absolute Gasteiger partial charge is 0.399 e. The number of ether oxygens (including phenoxy) is 2. The maximum absolute atomic E-state index is 5.82. The van der Waals surface area contributed by atoms with Gasteiger partial charge in [0.1, 0.15) is 0 Å². The molecule has 0 radical (unpaired) electrons. The van der Waals surface area contributed by atoms with Crippen LogP contribution in [0.3, 0.4) is 0 Å². The van der Waals surface area contributed by atoms with E-state index >= 15 is 0 Å². The lowest BCUT2D eigenvalue weighted by Crippen LogP contribution is -2.37. The third-order valence-electron chi connectivity index (χ3n) is 3.27. The van der Waals surface area contributed by atoms with E-state index in [1.54, 1.807) is 0 Å². The van der Waals surface area contributed by atoms with Crippen LogP contribution in [0.1, 0.15) is 21.5 Å². The van der Waals surface area contributed by atoms with Gasteiger partial charge in [-0.1, -0.05) is 28.7 Å². The first-order valence-electron chi connectivity index (χ1n) is 5.49. The van der Waals surface area contributed by atoms with Gasteiger partial charge in [0.2, 0.25) is 0 Å². The Morgan fingerprint density at radius 3 is 2.81 bits per heavy atom. The van der Waals surface area contributed by atoms with Crippen molar-refractivity contribution in [2.45, 2.75) is 22.6 Å². The maximum atomic E-state index is 5.82. The summed E-state index contributed by atoms with van der Waals surface area (Å²) < 4.78 is 12.0. The predicted molar refractivity (Wildman–Crippen MR) is 70.6 cm³/mol. The number of nitrogens with two attached hydrogens (primary N) is 1. The fraction of sp³-hybridized carbons (Fsp3) is 0.500. The zero-order valence-electron chi connectivity index (χ0n) is 8.91. The molecule has 0 bridgehead atoms. The molecule has 1 aromatic carbocycles. The Morgan fingerprint density at radius 1 is 1.31 bits per heavy atom. The summed E-state index contributed by atoms with van der Waals surface area (Å²) in [5.74, 6) is -0.366. The molecule has 1 spiro atoms.